The second-order valence-corrected chi connectivity index (χ2v) is 7.76. The molecule has 6 nitrogen and oxygen atoms in total. The summed E-state index contributed by atoms with van der Waals surface area (Å²) < 4.78 is 7.63. The van der Waals surface area contributed by atoms with Crippen molar-refractivity contribution >= 4 is 5.69 Å². The maximum absolute atomic E-state index is 5.72. The number of anilines is 1. The molecule has 0 amide bonds. The van der Waals surface area contributed by atoms with E-state index in [-0.39, 0.29) is 0 Å². The third-order valence-corrected chi connectivity index (χ3v) is 5.47. The monoisotopic (exact) mass is 371 g/mol. The lowest BCUT2D eigenvalue weighted by molar-refractivity contribution is -0.0114. The van der Waals surface area contributed by atoms with Crippen molar-refractivity contribution < 1.29 is 4.74 Å². The van der Waals surface area contributed by atoms with Crippen molar-refractivity contribution in [2.75, 3.05) is 25.9 Å². The molecule has 2 N–H and O–H groups in total. The molecule has 0 saturated carbocycles. The van der Waals surface area contributed by atoms with Crippen LogP contribution in [0.3, 0.4) is 0 Å². The molecule has 148 valence electrons. The smallest absolute Gasteiger partial charge is 0.0839 e. The molecule has 6 heteroatoms. The summed E-state index contributed by atoms with van der Waals surface area (Å²) in [5.74, 6) is 0. The van der Waals surface area contributed by atoms with Crippen LogP contribution >= 0.6 is 0 Å². The molecule has 0 unspecified atom stereocenters. The maximum Gasteiger partial charge on any atom is 0.0839 e. The summed E-state index contributed by atoms with van der Waals surface area (Å²) in [4.78, 5) is 2.45. The first-order valence-corrected chi connectivity index (χ1v) is 10.2. The van der Waals surface area contributed by atoms with Crippen LogP contribution in [0.2, 0.25) is 0 Å². The highest BCUT2D eigenvalue weighted by Gasteiger charge is 2.22. The minimum Gasteiger partial charge on any atom is -0.399 e. The highest BCUT2D eigenvalue weighted by atomic mass is 16.5. The normalized spacial score (nSPS) is 20.3. The minimum absolute atomic E-state index is 0.375. The Hall–Kier alpha value is -1.92. The van der Waals surface area contributed by atoms with E-state index in [9.17, 15) is 0 Å². The van der Waals surface area contributed by atoms with E-state index in [2.05, 4.69) is 47.5 Å². The van der Waals surface area contributed by atoms with Gasteiger partial charge in [0.15, 0.2) is 0 Å². The fraction of sp³-hybridized carbons (Fsp3) is 0.619. The van der Waals surface area contributed by atoms with E-state index in [1.807, 2.05) is 16.8 Å². The minimum atomic E-state index is 0.375. The summed E-state index contributed by atoms with van der Waals surface area (Å²) in [5.41, 5.74) is 8.97. The summed E-state index contributed by atoms with van der Waals surface area (Å²) in [5, 5.41) is 8.63. The molecule has 0 bridgehead atoms. The van der Waals surface area contributed by atoms with E-state index < -0.39 is 0 Å². The summed E-state index contributed by atoms with van der Waals surface area (Å²) in [7, 11) is 2.21. The van der Waals surface area contributed by atoms with Gasteiger partial charge in [0, 0.05) is 44.0 Å². The first kappa shape index (κ1) is 19.8. The predicted octanol–water partition coefficient (Wildman–Crippen LogP) is 2.93. The van der Waals surface area contributed by atoms with Crippen LogP contribution in [0.4, 0.5) is 5.69 Å². The molecule has 2 heterocycles. The lowest BCUT2D eigenvalue weighted by atomic mass is 10.0. The lowest BCUT2D eigenvalue weighted by Gasteiger charge is -2.34. The number of hydrogen-bond donors (Lipinski definition) is 1. The molecule has 1 fully saturated rings. The van der Waals surface area contributed by atoms with Crippen molar-refractivity contribution in [1.82, 2.24) is 19.9 Å². The fourth-order valence-corrected chi connectivity index (χ4v) is 3.70. The van der Waals surface area contributed by atoms with Gasteiger partial charge in [-0.2, -0.15) is 0 Å². The van der Waals surface area contributed by atoms with Gasteiger partial charge in [0.2, 0.25) is 0 Å². The number of nitrogens with two attached hydrogens (primary N) is 1. The van der Waals surface area contributed by atoms with Gasteiger partial charge < -0.3 is 15.4 Å². The molecular weight excluding hydrogens is 338 g/mol. The highest BCUT2D eigenvalue weighted by Crippen LogP contribution is 2.18. The molecule has 0 aliphatic carbocycles. The van der Waals surface area contributed by atoms with Crippen molar-refractivity contribution in [3.05, 3.63) is 41.7 Å². The number of nitrogens with zero attached hydrogens (tertiary/aromatic N) is 4. The number of benzene rings is 1. The van der Waals surface area contributed by atoms with Crippen molar-refractivity contribution in [3.63, 3.8) is 0 Å². The Kier molecular flexibility index (Phi) is 7.24. The zero-order chi connectivity index (χ0) is 19.1. The van der Waals surface area contributed by atoms with Gasteiger partial charge in [0.1, 0.15) is 0 Å². The Bertz CT molecular complexity index is 684. The largest absolute Gasteiger partial charge is 0.399 e. The summed E-state index contributed by atoms with van der Waals surface area (Å²) in [6.07, 6.45) is 9.00. The zero-order valence-electron chi connectivity index (χ0n) is 16.7. The van der Waals surface area contributed by atoms with Gasteiger partial charge in [0.25, 0.3) is 0 Å². The number of nitrogen functional groups attached to an aromatic ring is 1. The highest BCUT2D eigenvalue weighted by molar-refractivity contribution is 5.39. The van der Waals surface area contributed by atoms with Crippen LogP contribution in [0.1, 0.15) is 43.9 Å². The molecule has 27 heavy (non-hydrogen) atoms. The van der Waals surface area contributed by atoms with E-state index in [1.54, 1.807) is 0 Å². The molecule has 0 radical (unpaired) electrons. The quantitative estimate of drug-likeness (QED) is 0.542. The number of unbranched alkanes of at least 4 members (excludes halogenated alkanes) is 1. The molecular formula is C21H33N5O. The van der Waals surface area contributed by atoms with E-state index in [1.165, 1.54) is 5.56 Å². The molecule has 1 aromatic carbocycles. The molecule has 2 atom stereocenters. The molecule has 1 aliphatic heterocycles. The van der Waals surface area contributed by atoms with E-state index in [4.69, 9.17) is 10.5 Å². The van der Waals surface area contributed by atoms with Gasteiger partial charge in [0.05, 0.1) is 11.8 Å². The molecule has 1 aromatic heterocycles. The third kappa shape index (κ3) is 6.33. The van der Waals surface area contributed by atoms with Crippen LogP contribution in [-0.4, -0.2) is 52.2 Å². The van der Waals surface area contributed by atoms with Crippen molar-refractivity contribution in [3.8, 4) is 0 Å². The first-order valence-electron chi connectivity index (χ1n) is 10.2. The zero-order valence-corrected chi connectivity index (χ0v) is 16.7. The molecule has 1 saturated heterocycles. The number of hydrogen-bond acceptors (Lipinski definition) is 5. The average Bonchev–Trinajstić information content (AvgIpc) is 3.12. The second kappa shape index (κ2) is 9.85. The Morgan fingerprint density at radius 1 is 1.22 bits per heavy atom. The number of ether oxygens (including phenoxy) is 1. The van der Waals surface area contributed by atoms with Crippen LogP contribution in [0.25, 0.3) is 0 Å². The van der Waals surface area contributed by atoms with Crippen LogP contribution in [0, 0.1) is 0 Å². The SMILES string of the molecule is C[C@@H]1C[C@H](N(C)CCc2cn(CCCCc3ccc(N)cc3)nn2)CCO1. The number of aromatic nitrogens is 3. The van der Waals surface area contributed by atoms with Crippen LogP contribution in [0.5, 0.6) is 0 Å². The third-order valence-electron chi connectivity index (χ3n) is 5.47. The summed E-state index contributed by atoms with van der Waals surface area (Å²) in [6, 6.07) is 8.78. The van der Waals surface area contributed by atoms with Crippen molar-refractivity contribution in [1.29, 1.82) is 0 Å². The first-order chi connectivity index (χ1) is 13.1. The van der Waals surface area contributed by atoms with E-state index in [0.717, 1.165) is 69.6 Å². The summed E-state index contributed by atoms with van der Waals surface area (Å²) >= 11 is 0. The Morgan fingerprint density at radius 2 is 2.04 bits per heavy atom. The van der Waals surface area contributed by atoms with Gasteiger partial charge in [-0.05, 0) is 63.8 Å². The fourth-order valence-electron chi connectivity index (χ4n) is 3.70. The number of aryl methyl sites for hydroxylation is 2. The average molecular weight is 372 g/mol. The lowest BCUT2D eigenvalue weighted by Crippen LogP contribution is -2.40. The Morgan fingerprint density at radius 3 is 2.81 bits per heavy atom. The van der Waals surface area contributed by atoms with Crippen molar-refractivity contribution in [2.45, 2.75) is 64.1 Å². The van der Waals surface area contributed by atoms with Gasteiger partial charge in [-0.3, -0.25) is 4.68 Å². The van der Waals surface area contributed by atoms with Crippen LogP contribution < -0.4 is 5.73 Å². The predicted molar refractivity (Wildman–Crippen MR) is 109 cm³/mol. The van der Waals surface area contributed by atoms with E-state index in [0.29, 0.717) is 12.1 Å². The van der Waals surface area contributed by atoms with Gasteiger partial charge in [-0.1, -0.05) is 17.3 Å². The van der Waals surface area contributed by atoms with Crippen molar-refractivity contribution in [2.24, 2.45) is 0 Å². The Labute approximate surface area is 162 Å². The maximum atomic E-state index is 5.72. The van der Waals surface area contributed by atoms with E-state index >= 15 is 0 Å². The van der Waals surface area contributed by atoms with Gasteiger partial charge in [-0.25, -0.2) is 0 Å². The summed E-state index contributed by atoms with van der Waals surface area (Å²) in [6.45, 7) is 4.99. The van der Waals surface area contributed by atoms with Gasteiger partial charge >= 0.3 is 0 Å². The topological polar surface area (TPSA) is 69.2 Å². The Balaban J connectivity index is 1.35. The molecule has 1 aliphatic rings. The number of likely N-dealkylation sites (N-methyl/N-ethyl adjacent to an activating group) is 1. The second-order valence-electron chi connectivity index (χ2n) is 7.76. The molecule has 3 rings (SSSR count). The molecule has 0 spiro atoms. The van der Waals surface area contributed by atoms with Gasteiger partial charge in [-0.15, -0.1) is 5.10 Å². The van der Waals surface area contributed by atoms with Crippen LogP contribution in [-0.2, 0) is 24.1 Å². The standard InChI is InChI=1S/C21H33N5O/c1-17-15-21(11-14-27-17)25(2)13-10-20-16-26(24-23-20)12-4-3-5-18-6-8-19(22)9-7-18/h6-9,16-17,21H,3-5,10-15,22H2,1-2H3/t17-,21-/m1/s1. The molecule has 2 aromatic rings. The van der Waals surface area contributed by atoms with Crippen LogP contribution in [0.15, 0.2) is 30.5 Å². The number of rotatable bonds is 9.